The fourth-order valence-electron chi connectivity index (χ4n) is 1.33. The van der Waals surface area contributed by atoms with E-state index < -0.39 is 0 Å². The predicted molar refractivity (Wildman–Crippen MR) is 52.9 cm³/mol. The van der Waals surface area contributed by atoms with Gasteiger partial charge in [-0.2, -0.15) is 0 Å². The van der Waals surface area contributed by atoms with E-state index in [4.69, 9.17) is 9.47 Å². The fraction of sp³-hybridized carbons (Fsp3) is 1.00. The average molecular weight is 187 g/mol. The zero-order chi connectivity index (χ0) is 9.73. The van der Waals surface area contributed by atoms with E-state index in [1.165, 1.54) is 0 Å². The molecule has 0 radical (unpaired) electrons. The van der Waals surface area contributed by atoms with Crippen LogP contribution in [0.25, 0.3) is 0 Å². The molecular formula is C10H21NO2. The van der Waals surface area contributed by atoms with Gasteiger partial charge in [-0.25, -0.2) is 0 Å². The molecule has 1 aliphatic rings. The number of ether oxygens (including phenoxy) is 2. The van der Waals surface area contributed by atoms with Gasteiger partial charge in [-0.15, -0.1) is 0 Å². The van der Waals surface area contributed by atoms with Crippen LogP contribution < -0.4 is 5.32 Å². The molecule has 0 saturated carbocycles. The van der Waals surface area contributed by atoms with Crippen LogP contribution in [-0.4, -0.2) is 38.0 Å². The van der Waals surface area contributed by atoms with Crippen LogP contribution in [0.1, 0.15) is 27.2 Å². The molecule has 0 aromatic carbocycles. The summed E-state index contributed by atoms with van der Waals surface area (Å²) in [5.41, 5.74) is -0.0444. The second-order valence-corrected chi connectivity index (χ2v) is 4.45. The van der Waals surface area contributed by atoms with Crippen LogP contribution in [0.5, 0.6) is 0 Å². The Morgan fingerprint density at radius 3 is 2.62 bits per heavy atom. The Morgan fingerprint density at radius 1 is 1.31 bits per heavy atom. The van der Waals surface area contributed by atoms with Crippen LogP contribution >= 0.6 is 0 Å². The summed E-state index contributed by atoms with van der Waals surface area (Å²) >= 11 is 0. The SMILES string of the molecule is CC(C)(C)OCCO[C@@H]1CCNC1. The van der Waals surface area contributed by atoms with Crippen molar-refractivity contribution >= 4 is 0 Å². The maximum atomic E-state index is 5.61. The Morgan fingerprint density at radius 2 is 2.08 bits per heavy atom. The largest absolute Gasteiger partial charge is 0.374 e. The minimum atomic E-state index is -0.0444. The van der Waals surface area contributed by atoms with E-state index in [2.05, 4.69) is 26.1 Å². The number of hydrogen-bond acceptors (Lipinski definition) is 3. The molecular weight excluding hydrogens is 166 g/mol. The molecule has 1 aliphatic heterocycles. The van der Waals surface area contributed by atoms with Crippen molar-refractivity contribution in [2.24, 2.45) is 0 Å². The first-order chi connectivity index (χ1) is 6.08. The standard InChI is InChI=1S/C10H21NO2/c1-10(2,3)13-7-6-12-9-4-5-11-8-9/h9,11H,4-8H2,1-3H3/t9-/m1/s1. The summed E-state index contributed by atoms with van der Waals surface area (Å²) < 4.78 is 11.2. The summed E-state index contributed by atoms with van der Waals surface area (Å²) in [6, 6.07) is 0. The average Bonchev–Trinajstić information content (AvgIpc) is 2.48. The highest BCUT2D eigenvalue weighted by atomic mass is 16.5. The van der Waals surface area contributed by atoms with Gasteiger partial charge in [0.15, 0.2) is 0 Å². The molecule has 1 heterocycles. The van der Waals surface area contributed by atoms with Crippen LogP contribution in [0.4, 0.5) is 0 Å². The zero-order valence-corrected chi connectivity index (χ0v) is 8.93. The Hall–Kier alpha value is -0.120. The van der Waals surface area contributed by atoms with Crippen molar-refractivity contribution in [3.05, 3.63) is 0 Å². The second-order valence-electron chi connectivity index (χ2n) is 4.45. The van der Waals surface area contributed by atoms with E-state index in [1.54, 1.807) is 0 Å². The Kier molecular flexibility index (Phi) is 4.16. The second kappa shape index (κ2) is 4.94. The summed E-state index contributed by atoms with van der Waals surface area (Å²) in [7, 11) is 0. The van der Waals surface area contributed by atoms with E-state index in [0.717, 1.165) is 19.5 Å². The summed E-state index contributed by atoms with van der Waals surface area (Å²) in [6.07, 6.45) is 1.54. The summed E-state index contributed by atoms with van der Waals surface area (Å²) in [5.74, 6) is 0. The third-order valence-corrected chi connectivity index (χ3v) is 1.99. The molecule has 0 aromatic rings. The van der Waals surface area contributed by atoms with Gasteiger partial charge in [0.1, 0.15) is 0 Å². The van der Waals surface area contributed by atoms with Gasteiger partial charge >= 0.3 is 0 Å². The van der Waals surface area contributed by atoms with E-state index in [0.29, 0.717) is 19.3 Å². The Labute approximate surface area is 80.8 Å². The van der Waals surface area contributed by atoms with Crippen LogP contribution in [0.15, 0.2) is 0 Å². The molecule has 13 heavy (non-hydrogen) atoms. The summed E-state index contributed by atoms with van der Waals surface area (Å²) in [5, 5.41) is 3.26. The van der Waals surface area contributed by atoms with Gasteiger partial charge in [0.25, 0.3) is 0 Å². The van der Waals surface area contributed by atoms with Crippen molar-refractivity contribution in [2.45, 2.75) is 38.9 Å². The molecule has 0 spiro atoms. The molecule has 0 amide bonds. The third kappa shape index (κ3) is 5.24. The molecule has 1 atom stereocenters. The molecule has 0 bridgehead atoms. The maximum Gasteiger partial charge on any atom is 0.0712 e. The first-order valence-corrected chi connectivity index (χ1v) is 5.04. The van der Waals surface area contributed by atoms with Gasteiger partial charge in [-0.05, 0) is 33.7 Å². The van der Waals surface area contributed by atoms with Gasteiger partial charge in [0.2, 0.25) is 0 Å². The lowest BCUT2D eigenvalue weighted by atomic mass is 10.2. The highest BCUT2D eigenvalue weighted by molar-refractivity contribution is 4.70. The third-order valence-electron chi connectivity index (χ3n) is 1.99. The number of hydrogen-bond donors (Lipinski definition) is 1. The lowest BCUT2D eigenvalue weighted by Gasteiger charge is -2.20. The maximum absolute atomic E-state index is 5.61. The van der Waals surface area contributed by atoms with Crippen molar-refractivity contribution < 1.29 is 9.47 Å². The highest BCUT2D eigenvalue weighted by Crippen LogP contribution is 2.07. The fourth-order valence-corrected chi connectivity index (χ4v) is 1.33. The van der Waals surface area contributed by atoms with Crippen molar-refractivity contribution in [2.75, 3.05) is 26.3 Å². The topological polar surface area (TPSA) is 30.5 Å². The summed E-state index contributed by atoms with van der Waals surface area (Å²) in [6.45, 7) is 9.67. The monoisotopic (exact) mass is 187 g/mol. The van der Waals surface area contributed by atoms with Gasteiger partial charge < -0.3 is 14.8 Å². The molecule has 1 N–H and O–H groups in total. The van der Waals surface area contributed by atoms with Crippen LogP contribution in [0.3, 0.4) is 0 Å². The van der Waals surface area contributed by atoms with Crippen molar-refractivity contribution in [3.63, 3.8) is 0 Å². The van der Waals surface area contributed by atoms with Gasteiger partial charge in [-0.3, -0.25) is 0 Å². The van der Waals surface area contributed by atoms with Crippen LogP contribution in [0.2, 0.25) is 0 Å². The van der Waals surface area contributed by atoms with E-state index >= 15 is 0 Å². The van der Waals surface area contributed by atoms with Crippen LogP contribution in [-0.2, 0) is 9.47 Å². The van der Waals surface area contributed by atoms with Gasteiger partial charge in [0.05, 0.1) is 24.9 Å². The number of nitrogens with one attached hydrogen (secondary N) is 1. The lowest BCUT2D eigenvalue weighted by Crippen LogP contribution is -2.24. The molecule has 0 unspecified atom stereocenters. The molecule has 1 rings (SSSR count). The first kappa shape index (κ1) is 11.0. The van der Waals surface area contributed by atoms with Gasteiger partial charge in [-0.1, -0.05) is 0 Å². The zero-order valence-electron chi connectivity index (χ0n) is 8.93. The molecule has 0 aromatic heterocycles. The predicted octanol–water partition coefficient (Wildman–Crippen LogP) is 1.18. The van der Waals surface area contributed by atoms with Crippen molar-refractivity contribution in [1.29, 1.82) is 0 Å². The minimum Gasteiger partial charge on any atom is -0.374 e. The van der Waals surface area contributed by atoms with Gasteiger partial charge in [0, 0.05) is 6.54 Å². The van der Waals surface area contributed by atoms with Crippen LogP contribution in [0, 0.1) is 0 Å². The van der Waals surface area contributed by atoms with Crippen molar-refractivity contribution in [1.82, 2.24) is 5.32 Å². The first-order valence-electron chi connectivity index (χ1n) is 5.04. The minimum absolute atomic E-state index is 0.0444. The Bertz CT molecular complexity index is 136. The van der Waals surface area contributed by atoms with E-state index in [1.807, 2.05) is 0 Å². The quantitative estimate of drug-likeness (QED) is 0.670. The molecule has 3 nitrogen and oxygen atoms in total. The number of rotatable bonds is 4. The lowest BCUT2D eigenvalue weighted by molar-refractivity contribution is -0.0480. The molecule has 78 valence electrons. The normalized spacial score (nSPS) is 23.8. The van der Waals surface area contributed by atoms with E-state index in [-0.39, 0.29) is 5.60 Å². The van der Waals surface area contributed by atoms with E-state index in [9.17, 15) is 0 Å². The molecule has 1 saturated heterocycles. The highest BCUT2D eigenvalue weighted by Gasteiger charge is 2.15. The summed E-state index contributed by atoms with van der Waals surface area (Å²) in [4.78, 5) is 0. The molecule has 0 aliphatic carbocycles. The molecule has 1 fully saturated rings. The van der Waals surface area contributed by atoms with Crippen molar-refractivity contribution in [3.8, 4) is 0 Å². The molecule has 3 heteroatoms. The smallest absolute Gasteiger partial charge is 0.0712 e. The Balaban J connectivity index is 1.94.